The molecule has 1 amide bonds. The second-order valence-corrected chi connectivity index (χ2v) is 8.52. The largest absolute Gasteiger partial charge is 0.279 e. The molecule has 0 aliphatic heterocycles. The summed E-state index contributed by atoms with van der Waals surface area (Å²) in [7, 11) is 5.62. The molecule has 1 unspecified atom stereocenters. The van der Waals surface area contributed by atoms with E-state index in [0.29, 0.717) is 0 Å². The quantitative estimate of drug-likeness (QED) is 0.314. The summed E-state index contributed by atoms with van der Waals surface area (Å²) < 4.78 is 0. The van der Waals surface area contributed by atoms with Crippen molar-refractivity contribution >= 4 is 17.3 Å². The van der Waals surface area contributed by atoms with Crippen LogP contribution in [0.3, 0.4) is 0 Å². The van der Waals surface area contributed by atoms with E-state index in [0.717, 1.165) is 43.5 Å². The molecular weight excluding hydrogens is 394 g/mol. The molecule has 0 bridgehead atoms. The summed E-state index contributed by atoms with van der Waals surface area (Å²) in [5.74, 6) is 0.438. The van der Waals surface area contributed by atoms with E-state index in [9.17, 15) is 4.79 Å². The van der Waals surface area contributed by atoms with Gasteiger partial charge < -0.3 is 0 Å². The zero-order valence-corrected chi connectivity index (χ0v) is 21.5. The number of unbranched alkanes of at least 4 members (excludes halogenated alkanes) is 1. The Kier molecular flexibility index (Phi) is 12.6. The van der Waals surface area contributed by atoms with Crippen molar-refractivity contribution in [1.82, 2.24) is 10.0 Å². The van der Waals surface area contributed by atoms with Crippen molar-refractivity contribution in [2.45, 2.75) is 66.7 Å². The molecule has 0 heterocycles. The fourth-order valence-electron chi connectivity index (χ4n) is 3.42. The summed E-state index contributed by atoms with van der Waals surface area (Å²) in [5.41, 5.74) is 5.93. The van der Waals surface area contributed by atoms with Gasteiger partial charge in [0.1, 0.15) is 0 Å². The molecule has 0 N–H and O–H groups in total. The highest BCUT2D eigenvalue weighted by atomic mass is 16.2. The molecule has 0 fully saturated rings. The van der Waals surface area contributed by atoms with Crippen LogP contribution in [0.4, 0.5) is 5.69 Å². The van der Waals surface area contributed by atoms with Crippen molar-refractivity contribution < 1.29 is 4.79 Å². The maximum absolute atomic E-state index is 11.9. The lowest BCUT2D eigenvalue weighted by Gasteiger charge is -2.28. The molecule has 4 nitrogen and oxygen atoms in total. The Balaban J connectivity index is 0.000000333. The van der Waals surface area contributed by atoms with Crippen LogP contribution in [0.1, 0.15) is 69.6 Å². The zero-order valence-electron chi connectivity index (χ0n) is 21.5. The topological polar surface area (TPSA) is 35.9 Å². The van der Waals surface area contributed by atoms with E-state index in [2.05, 4.69) is 71.0 Å². The molecule has 2 aromatic carbocycles. The molecule has 32 heavy (non-hydrogen) atoms. The van der Waals surface area contributed by atoms with Crippen LogP contribution in [0.2, 0.25) is 0 Å². The Bertz CT molecular complexity index is 857. The lowest BCUT2D eigenvalue weighted by Crippen LogP contribution is -2.41. The summed E-state index contributed by atoms with van der Waals surface area (Å²) in [5, 5.41) is 3.53. The van der Waals surface area contributed by atoms with E-state index in [1.165, 1.54) is 16.7 Å². The third kappa shape index (κ3) is 8.96. The smallest absolute Gasteiger partial charge is 0.239 e. The van der Waals surface area contributed by atoms with Crippen LogP contribution in [0.15, 0.2) is 53.5 Å². The van der Waals surface area contributed by atoms with E-state index in [4.69, 9.17) is 4.99 Å². The van der Waals surface area contributed by atoms with Crippen molar-refractivity contribution in [2.75, 3.05) is 21.1 Å². The molecule has 0 radical (unpaired) electrons. The number of benzene rings is 2. The lowest BCUT2D eigenvalue weighted by molar-refractivity contribution is -0.146. The van der Waals surface area contributed by atoms with Gasteiger partial charge >= 0.3 is 0 Å². The molecule has 2 aromatic rings. The summed E-state index contributed by atoms with van der Waals surface area (Å²) in [6.07, 6.45) is 5.21. The molecule has 2 rings (SSSR count). The molecule has 0 aromatic heterocycles. The van der Waals surface area contributed by atoms with Crippen LogP contribution in [0, 0.1) is 19.8 Å². The molecule has 176 valence electrons. The van der Waals surface area contributed by atoms with Crippen molar-refractivity contribution in [3.8, 4) is 0 Å². The minimum atomic E-state index is 0.197. The number of hydrogen-bond acceptors (Lipinski definition) is 3. The summed E-state index contributed by atoms with van der Waals surface area (Å²) in [4.78, 5) is 16.7. The van der Waals surface area contributed by atoms with Gasteiger partial charge in [0, 0.05) is 32.8 Å². The monoisotopic (exact) mass is 437 g/mol. The standard InChI is InChI=1S/C17H19N.C11H24N2O/c1-4-16(15-10-7-8-13(2)12-15)18-17-11-6-5-9-14(17)3;1-6-8-9-10(7-2)11(14)13(5)12(3)4/h5-12H,4H2,1-3H3;10H,6-9H2,1-5H3. The number of carbonyl (C=O) groups is 1. The van der Waals surface area contributed by atoms with E-state index in [1.807, 2.05) is 38.3 Å². The number of aliphatic imine (C=N–C) groups is 1. The molecule has 4 heteroatoms. The first-order valence-corrected chi connectivity index (χ1v) is 11.9. The molecule has 0 spiro atoms. The van der Waals surface area contributed by atoms with Gasteiger partial charge in [0.2, 0.25) is 5.91 Å². The fraction of sp³-hybridized carbons (Fsp3) is 0.500. The molecule has 0 saturated carbocycles. The van der Waals surface area contributed by atoms with E-state index >= 15 is 0 Å². The number of hydrazine groups is 1. The van der Waals surface area contributed by atoms with E-state index in [1.54, 1.807) is 5.01 Å². The van der Waals surface area contributed by atoms with Crippen LogP contribution in [0.25, 0.3) is 0 Å². The second kappa shape index (κ2) is 14.6. The minimum absolute atomic E-state index is 0.197. The van der Waals surface area contributed by atoms with Crippen molar-refractivity contribution in [3.63, 3.8) is 0 Å². The van der Waals surface area contributed by atoms with Crippen molar-refractivity contribution in [2.24, 2.45) is 10.9 Å². The second-order valence-electron chi connectivity index (χ2n) is 8.52. The maximum Gasteiger partial charge on any atom is 0.239 e. The van der Waals surface area contributed by atoms with Crippen LogP contribution < -0.4 is 0 Å². The van der Waals surface area contributed by atoms with E-state index in [-0.39, 0.29) is 11.8 Å². The average molecular weight is 438 g/mol. The molecule has 1 atom stereocenters. The summed E-state index contributed by atoms with van der Waals surface area (Å²) in [6.45, 7) is 10.6. The average Bonchev–Trinajstić information content (AvgIpc) is 2.78. The molecule has 0 aliphatic rings. The van der Waals surface area contributed by atoms with E-state index < -0.39 is 0 Å². The number of nitrogens with zero attached hydrogens (tertiary/aromatic N) is 3. The summed E-state index contributed by atoms with van der Waals surface area (Å²) in [6, 6.07) is 16.8. The Morgan fingerprint density at radius 3 is 2.19 bits per heavy atom. The Labute approximate surface area is 196 Å². The first kappa shape index (κ1) is 27.6. The van der Waals surface area contributed by atoms with Gasteiger partial charge in [-0.05, 0) is 50.3 Å². The van der Waals surface area contributed by atoms with Crippen LogP contribution in [-0.2, 0) is 4.79 Å². The fourth-order valence-corrected chi connectivity index (χ4v) is 3.42. The van der Waals surface area contributed by atoms with Gasteiger partial charge in [-0.3, -0.25) is 14.8 Å². The van der Waals surface area contributed by atoms with Gasteiger partial charge in [0.25, 0.3) is 0 Å². The first-order chi connectivity index (χ1) is 15.2. The number of aryl methyl sites for hydroxylation is 2. The molecule has 0 saturated heterocycles. The van der Waals surface area contributed by atoms with Gasteiger partial charge in [-0.15, -0.1) is 0 Å². The summed E-state index contributed by atoms with van der Waals surface area (Å²) >= 11 is 0. The van der Waals surface area contributed by atoms with Gasteiger partial charge in [-0.25, -0.2) is 5.01 Å². The van der Waals surface area contributed by atoms with Gasteiger partial charge in [-0.2, -0.15) is 0 Å². The highest BCUT2D eigenvalue weighted by Gasteiger charge is 2.20. The van der Waals surface area contributed by atoms with Gasteiger partial charge in [0.05, 0.1) is 5.69 Å². The minimum Gasteiger partial charge on any atom is -0.279 e. The maximum atomic E-state index is 11.9. The number of hydrogen-bond donors (Lipinski definition) is 0. The predicted octanol–water partition coefficient (Wildman–Crippen LogP) is 6.97. The Morgan fingerprint density at radius 1 is 0.969 bits per heavy atom. The number of rotatable bonds is 9. The normalized spacial score (nSPS) is 12.2. The third-order valence-electron chi connectivity index (χ3n) is 5.72. The number of carbonyl (C=O) groups excluding carboxylic acids is 1. The predicted molar refractivity (Wildman–Crippen MR) is 139 cm³/mol. The number of amides is 1. The molecular formula is C28H43N3O. The van der Waals surface area contributed by atoms with Crippen LogP contribution in [-0.4, -0.2) is 42.8 Å². The van der Waals surface area contributed by atoms with Crippen LogP contribution in [0.5, 0.6) is 0 Å². The van der Waals surface area contributed by atoms with Crippen molar-refractivity contribution in [1.29, 1.82) is 0 Å². The van der Waals surface area contributed by atoms with Crippen molar-refractivity contribution in [3.05, 3.63) is 65.2 Å². The third-order valence-corrected chi connectivity index (χ3v) is 5.72. The molecule has 0 aliphatic carbocycles. The highest BCUT2D eigenvalue weighted by molar-refractivity contribution is 6.02. The zero-order chi connectivity index (χ0) is 24.1. The Morgan fingerprint density at radius 2 is 1.66 bits per heavy atom. The SMILES string of the molecule is CCC(=Nc1ccccc1C)c1cccc(C)c1.CCCCC(CC)C(=O)N(C)N(C)C. The van der Waals surface area contributed by atoms with Gasteiger partial charge in [0.15, 0.2) is 0 Å². The number of para-hydroxylation sites is 1. The highest BCUT2D eigenvalue weighted by Crippen LogP contribution is 2.20. The van der Waals surface area contributed by atoms with Crippen LogP contribution >= 0.6 is 0 Å². The Hall–Kier alpha value is -2.46. The first-order valence-electron chi connectivity index (χ1n) is 11.9. The lowest BCUT2D eigenvalue weighted by atomic mass is 9.98. The van der Waals surface area contributed by atoms with Gasteiger partial charge in [-0.1, -0.05) is 81.6 Å².